The Labute approximate surface area is 158 Å². The number of hydrogen-bond donors (Lipinski definition) is 0. The predicted octanol–water partition coefficient (Wildman–Crippen LogP) is 5.33. The van der Waals surface area contributed by atoms with E-state index >= 15 is 0 Å². The molecule has 0 radical (unpaired) electrons. The summed E-state index contributed by atoms with van der Waals surface area (Å²) in [5.41, 5.74) is 2.64. The Kier molecular flexibility index (Phi) is 5.59. The standard InChI is InChI=1S/C21H24O2S2/c1-2-4-17(5-3-1)16-23-20-8-6-18(7-9-20)21(24-14-15-25-21)19-10-12-22-13-11-19/h1-9,19H,10-16H2. The first kappa shape index (κ1) is 17.3. The third-order valence-electron chi connectivity index (χ3n) is 4.98. The molecule has 2 aromatic rings. The molecule has 0 aromatic heterocycles. The van der Waals surface area contributed by atoms with E-state index in [1.807, 2.05) is 18.2 Å². The highest BCUT2D eigenvalue weighted by Gasteiger charge is 2.44. The van der Waals surface area contributed by atoms with E-state index in [1.54, 1.807) is 0 Å². The molecule has 4 rings (SSSR count). The smallest absolute Gasteiger partial charge is 0.119 e. The molecule has 0 atom stereocenters. The molecule has 0 amide bonds. The zero-order chi connectivity index (χ0) is 17.0. The lowest BCUT2D eigenvalue weighted by molar-refractivity contribution is 0.0628. The fourth-order valence-electron chi connectivity index (χ4n) is 3.67. The highest BCUT2D eigenvalue weighted by molar-refractivity contribution is 8.20. The van der Waals surface area contributed by atoms with Gasteiger partial charge in [-0.1, -0.05) is 42.5 Å². The van der Waals surface area contributed by atoms with Crippen LogP contribution in [0.1, 0.15) is 24.0 Å². The molecule has 4 heteroatoms. The highest BCUT2D eigenvalue weighted by atomic mass is 32.2. The summed E-state index contributed by atoms with van der Waals surface area (Å²) in [4.78, 5) is 0. The maximum Gasteiger partial charge on any atom is 0.119 e. The van der Waals surface area contributed by atoms with Crippen LogP contribution in [-0.4, -0.2) is 24.7 Å². The molecule has 2 nitrogen and oxygen atoms in total. The first-order chi connectivity index (χ1) is 12.4. The summed E-state index contributed by atoms with van der Waals surface area (Å²) >= 11 is 4.26. The van der Waals surface area contributed by atoms with Gasteiger partial charge in [-0.25, -0.2) is 0 Å². The van der Waals surface area contributed by atoms with Crippen molar-refractivity contribution < 1.29 is 9.47 Å². The van der Waals surface area contributed by atoms with Crippen molar-refractivity contribution in [3.8, 4) is 5.75 Å². The van der Waals surface area contributed by atoms with Crippen LogP contribution in [0.5, 0.6) is 5.75 Å². The summed E-state index contributed by atoms with van der Waals surface area (Å²) in [5, 5.41) is 0. The van der Waals surface area contributed by atoms with Crippen molar-refractivity contribution in [2.24, 2.45) is 5.92 Å². The minimum atomic E-state index is 0.210. The van der Waals surface area contributed by atoms with Crippen molar-refractivity contribution in [1.29, 1.82) is 0 Å². The average Bonchev–Trinajstić information content (AvgIpc) is 3.19. The van der Waals surface area contributed by atoms with Crippen LogP contribution in [-0.2, 0) is 15.4 Å². The number of thioether (sulfide) groups is 2. The SMILES string of the molecule is c1ccc(COc2ccc(C3(C4CCOCC4)SCCS3)cc2)cc1. The minimum Gasteiger partial charge on any atom is -0.489 e. The Morgan fingerprint density at radius 1 is 0.920 bits per heavy atom. The van der Waals surface area contributed by atoms with Gasteiger partial charge in [-0.15, -0.1) is 23.5 Å². The van der Waals surface area contributed by atoms with Crippen LogP contribution in [0.2, 0.25) is 0 Å². The van der Waals surface area contributed by atoms with Crippen LogP contribution in [0.3, 0.4) is 0 Å². The van der Waals surface area contributed by atoms with Crippen LogP contribution in [0.25, 0.3) is 0 Å². The fraction of sp³-hybridized carbons (Fsp3) is 0.429. The molecule has 2 heterocycles. The Bertz CT molecular complexity index is 660. The molecule has 2 saturated heterocycles. The summed E-state index contributed by atoms with van der Waals surface area (Å²) in [6, 6.07) is 19.2. The molecule has 2 fully saturated rings. The molecule has 0 aliphatic carbocycles. The third-order valence-corrected chi connectivity index (χ3v) is 8.76. The normalized spacial score (nSPS) is 20.5. The Morgan fingerprint density at radius 2 is 1.60 bits per heavy atom. The lowest BCUT2D eigenvalue weighted by Gasteiger charge is -2.38. The summed E-state index contributed by atoms with van der Waals surface area (Å²) in [7, 11) is 0. The van der Waals surface area contributed by atoms with Crippen LogP contribution in [0.15, 0.2) is 54.6 Å². The molecule has 0 saturated carbocycles. The summed E-state index contributed by atoms with van der Waals surface area (Å²) in [6.07, 6.45) is 2.35. The molecule has 2 aromatic carbocycles. The third kappa shape index (κ3) is 3.86. The lowest BCUT2D eigenvalue weighted by Crippen LogP contribution is -2.31. The van der Waals surface area contributed by atoms with Gasteiger partial charge in [-0.2, -0.15) is 0 Å². The average molecular weight is 373 g/mol. The van der Waals surface area contributed by atoms with Crippen molar-refractivity contribution in [2.45, 2.75) is 23.5 Å². The monoisotopic (exact) mass is 372 g/mol. The largest absolute Gasteiger partial charge is 0.489 e. The lowest BCUT2D eigenvalue weighted by atomic mass is 9.91. The van der Waals surface area contributed by atoms with Crippen LogP contribution in [0.4, 0.5) is 0 Å². The number of ether oxygens (including phenoxy) is 2. The van der Waals surface area contributed by atoms with Crippen LogP contribution in [0, 0.1) is 5.92 Å². The van der Waals surface area contributed by atoms with E-state index in [-0.39, 0.29) is 4.08 Å². The van der Waals surface area contributed by atoms with E-state index in [0.29, 0.717) is 12.5 Å². The van der Waals surface area contributed by atoms with Crippen molar-refractivity contribution in [1.82, 2.24) is 0 Å². The first-order valence-corrected chi connectivity index (χ1v) is 11.0. The maximum absolute atomic E-state index is 5.95. The van der Waals surface area contributed by atoms with Crippen molar-refractivity contribution in [3.63, 3.8) is 0 Å². The second-order valence-electron chi connectivity index (χ2n) is 6.55. The van der Waals surface area contributed by atoms with E-state index in [9.17, 15) is 0 Å². The molecule has 0 spiro atoms. The first-order valence-electron chi connectivity index (χ1n) is 9.00. The summed E-state index contributed by atoms with van der Waals surface area (Å²) in [5.74, 6) is 4.14. The zero-order valence-electron chi connectivity index (χ0n) is 14.4. The van der Waals surface area contributed by atoms with Gasteiger partial charge in [0.15, 0.2) is 0 Å². The quantitative estimate of drug-likeness (QED) is 0.706. The van der Waals surface area contributed by atoms with Gasteiger partial charge in [-0.3, -0.25) is 0 Å². The van der Waals surface area contributed by atoms with Gasteiger partial charge in [0.2, 0.25) is 0 Å². The maximum atomic E-state index is 5.95. The number of benzene rings is 2. The van der Waals surface area contributed by atoms with E-state index in [2.05, 4.69) is 59.9 Å². The van der Waals surface area contributed by atoms with E-state index in [1.165, 1.54) is 35.5 Å². The van der Waals surface area contributed by atoms with Crippen molar-refractivity contribution in [2.75, 3.05) is 24.7 Å². The molecular formula is C21H24O2S2. The molecular weight excluding hydrogens is 348 g/mol. The van der Waals surface area contributed by atoms with Crippen molar-refractivity contribution in [3.05, 3.63) is 65.7 Å². The minimum absolute atomic E-state index is 0.210. The summed E-state index contributed by atoms with van der Waals surface area (Å²) in [6.45, 7) is 2.44. The topological polar surface area (TPSA) is 18.5 Å². The van der Waals surface area contributed by atoms with Crippen LogP contribution >= 0.6 is 23.5 Å². The zero-order valence-corrected chi connectivity index (χ0v) is 16.0. The van der Waals surface area contributed by atoms with Crippen LogP contribution < -0.4 is 4.74 Å². The second-order valence-corrected chi connectivity index (χ2v) is 9.49. The number of hydrogen-bond acceptors (Lipinski definition) is 4. The molecule has 0 unspecified atom stereocenters. The Balaban J connectivity index is 1.48. The molecule has 0 bridgehead atoms. The van der Waals surface area contributed by atoms with Gasteiger partial charge in [0.1, 0.15) is 12.4 Å². The highest BCUT2D eigenvalue weighted by Crippen LogP contribution is 2.59. The van der Waals surface area contributed by atoms with E-state index in [0.717, 1.165) is 19.0 Å². The summed E-state index contributed by atoms with van der Waals surface area (Å²) < 4.78 is 11.8. The van der Waals surface area contributed by atoms with Gasteiger partial charge in [-0.05, 0) is 42.0 Å². The Hall–Kier alpha value is -1.10. The predicted molar refractivity (Wildman–Crippen MR) is 107 cm³/mol. The van der Waals surface area contributed by atoms with E-state index in [4.69, 9.17) is 9.47 Å². The van der Waals surface area contributed by atoms with Gasteiger partial charge in [0.25, 0.3) is 0 Å². The molecule has 2 aliphatic heterocycles. The molecule has 2 aliphatic rings. The second kappa shape index (κ2) is 8.07. The van der Waals surface area contributed by atoms with Gasteiger partial charge >= 0.3 is 0 Å². The fourth-order valence-corrected chi connectivity index (χ4v) is 7.32. The number of rotatable bonds is 5. The van der Waals surface area contributed by atoms with Gasteiger partial charge in [0.05, 0.1) is 4.08 Å². The molecule has 132 valence electrons. The molecule has 0 N–H and O–H groups in total. The van der Waals surface area contributed by atoms with Gasteiger partial charge < -0.3 is 9.47 Å². The van der Waals surface area contributed by atoms with E-state index < -0.39 is 0 Å². The molecule has 25 heavy (non-hydrogen) atoms. The van der Waals surface area contributed by atoms with Crippen molar-refractivity contribution >= 4 is 23.5 Å². The Morgan fingerprint density at radius 3 is 2.28 bits per heavy atom. The van der Waals surface area contributed by atoms with Gasteiger partial charge in [0, 0.05) is 24.7 Å².